The van der Waals surface area contributed by atoms with Gasteiger partial charge in [-0.1, -0.05) is 35.9 Å². The minimum atomic E-state index is -0.248. The first kappa shape index (κ1) is 17.4. The van der Waals surface area contributed by atoms with E-state index in [0.29, 0.717) is 18.2 Å². The van der Waals surface area contributed by atoms with Crippen LogP contribution in [-0.4, -0.2) is 23.0 Å². The monoisotopic (exact) mass is 348 g/mol. The molecule has 26 heavy (non-hydrogen) atoms. The lowest BCUT2D eigenvalue weighted by Gasteiger charge is -2.08. The lowest BCUT2D eigenvalue weighted by Crippen LogP contribution is -2.24. The molecule has 3 aromatic rings. The summed E-state index contributed by atoms with van der Waals surface area (Å²) in [5, 5.41) is 5.94. The molecule has 0 aliphatic heterocycles. The molecule has 1 heterocycles. The Morgan fingerprint density at radius 1 is 1.12 bits per heavy atom. The Morgan fingerprint density at radius 2 is 1.92 bits per heavy atom. The van der Waals surface area contributed by atoms with Crippen LogP contribution in [0, 0.1) is 6.92 Å². The largest absolute Gasteiger partial charge is 0.497 e. The van der Waals surface area contributed by atoms with Crippen molar-refractivity contribution in [3.8, 4) is 5.75 Å². The summed E-state index contributed by atoms with van der Waals surface area (Å²) in [4.78, 5) is 20.8. The SMILES string of the molecule is COc1cccc(Nc2nccc(C(=O)NCc3ccc(C)cc3)n2)c1. The van der Waals surface area contributed by atoms with Gasteiger partial charge in [-0.3, -0.25) is 4.79 Å². The highest BCUT2D eigenvalue weighted by Crippen LogP contribution is 2.19. The Hall–Kier alpha value is -3.41. The first-order chi connectivity index (χ1) is 12.6. The summed E-state index contributed by atoms with van der Waals surface area (Å²) < 4.78 is 5.19. The molecular weight excluding hydrogens is 328 g/mol. The van der Waals surface area contributed by atoms with Crippen LogP contribution in [0.25, 0.3) is 0 Å². The summed E-state index contributed by atoms with van der Waals surface area (Å²) in [5.41, 5.74) is 3.30. The number of carbonyl (C=O) groups excluding carboxylic acids is 1. The van der Waals surface area contributed by atoms with Crippen molar-refractivity contribution in [2.24, 2.45) is 0 Å². The van der Waals surface area contributed by atoms with Crippen LogP contribution in [0.3, 0.4) is 0 Å². The van der Waals surface area contributed by atoms with Crippen LogP contribution in [-0.2, 0) is 6.54 Å². The van der Waals surface area contributed by atoms with E-state index in [0.717, 1.165) is 17.0 Å². The van der Waals surface area contributed by atoms with E-state index >= 15 is 0 Å². The molecule has 6 heteroatoms. The van der Waals surface area contributed by atoms with Crippen molar-refractivity contribution in [2.45, 2.75) is 13.5 Å². The summed E-state index contributed by atoms with van der Waals surface area (Å²) in [6.07, 6.45) is 1.55. The fourth-order valence-corrected chi connectivity index (χ4v) is 2.35. The molecule has 2 N–H and O–H groups in total. The van der Waals surface area contributed by atoms with Crippen molar-refractivity contribution in [1.82, 2.24) is 15.3 Å². The Bertz CT molecular complexity index is 894. The Morgan fingerprint density at radius 3 is 2.69 bits per heavy atom. The molecule has 0 fully saturated rings. The standard InChI is InChI=1S/C20H20N4O2/c1-14-6-8-15(9-7-14)13-22-19(25)18-10-11-21-20(24-18)23-16-4-3-5-17(12-16)26-2/h3-12H,13H2,1-2H3,(H,22,25)(H,21,23,24). The van der Waals surface area contributed by atoms with Gasteiger partial charge < -0.3 is 15.4 Å². The van der Waals surface area contributed by atoms with Crippen molar-refractivity contribution in [2.75, 3.05) is 12.4 Å². The predicted octanol–water partition coefficient (Wildman–Crippen LogP) is 3.47. The van der Waals surface area contributed by atoms with Gasteiger partial charge >= 0.3 is 0 Å². The number of anilines is 2. The van der Waals surface area contributed by atoms with Gasteiger partial charge in [0.1, 0.15) is 11.4 Å². The number of nitrogens with zero attached hydrogens (tertiary/aromatic N) is 2. The molecule has 0 aliphatic carbocycles. The number of aryl methyl sites for hydroxylation is 1. The smallest absolute Gasteiger partial charge is 0.270 e. The van der Waals surface area contributed by atoms with Crippen LogP contribution in [0.1, 0.15) is 21.6 Å². The molecule has 0 radical (unpaired) electrons. The maximum atomic E-state index is 12.3. The van der Waals surface area contributed by atoms with Gasteiger partial charge in [0.05, 0.1) is 7.11 Å². The van der Waals surface area contributed by atoms with E-state index in [1.54, 1.807) is 19.4 Å². The number of ether oxygens (including phenoxy) is 1. The van der Waals surface area contributed by atoms with Crippen molar-refractivity contribution < 1.29 is 9.53 Å². The summed E-state index contributed by atoms with van der Waals surface area (Å²) in [6.45, 7) is 2.47. The second-order valence-electron chi connectivity index (χ2n) is 5.79. The van der Waals surface area contributed by atoms with Gasteiger partial charge in [-0.15, -0.1) is 0 Å². The van der Waals surface area contributed by atoms with Gasteiger partial charge in [-0.2, -0.15) is 0 Å². The van der Waals surface area contributed by atoms with E-state index in [9.17, 15) is 4.79 Å². The molecule has 0 saturated heterocycles. The van der Waals surface area contributed by atoms with Crippen molar-refractivity contribution in [3.63, 3.8) is 0 Å². The number of hydrogen-bond acceptors (Lipinski definition) is 5. The molecule has 0 atom stereocenters. The average Bonchev–Trinajstić information content (AvgIpc) is 2.67. The third kappa shape index (κ3) is 4.57. The number of aromatic nitrogens is 2. The van der Waals surface area contributed by atoms with Gasteiger partial charge in [0.15, 0.2) is 0 Å². The maximum absolute atomic E-state index is 12.3. The zero-order valence-corrected chi connectivity index (χ0v) is 14.7. The van der Waals surface area contributed by atoms with Crippen molar-refractivity contribution >= 4 is 17.5 Å². The summed E-state index contributed by atoms with van der Waals surface area (Å²) in [7, 11) is 1.61. The van der Waals surface area contributed by atoms with Gasteiger partial charge in [0.25, 0.3) is 5.91 Å². The number of methoxy groups -OCH3 is 1. The summed E-state index contributed by atoms with van der Waals surface area (Å²) >= 11 is 0. The fraction of sp³-hybridized carbons (Fsp3) is 0.150. The van der Waals surface area contributed by atoms with E-state index in [1.165, 1.54) is 5.56 Å². The molecule has 0 bridgehead atoms. The molecular formula is C20H20N4O2. The van der Waals surface area contributed by atoms with Crippen molar-refractivity contribution in [1.29, 1.82) is 0 Å². The van der Waals surface area contributed by atoms with E-state index < -0.39 is 0 Å². The van der Waals surface area contributed by atoms with Crippen LogP contribution < -0.4 is 15.4 Å². The first-order valence-electron chi connectivity index (χ1n) is 8.22. The number of benzene rings is 2. The van der Waals surface area contributed by atoms with Crippen molar-refractivity contribution in [3.05, 3.63) is 77.6 Å². The molecule has 2 aromatic carbocycles. The van der Waals surface area contributed by atoms with Gasteiger partial charge in [0.2, 0.25) is 5.95 Å². The van der Waals surface area contributed by atoms with Crippen LogP contribution >= 0.6 is 0 Å². The second kappa shape index (κ2) is 8.11. The van der Waals surface area contributed by atoms with E-state index in [-0.39, 0.29) is 5.91 Å². The minimum Gasteiger partial charge on any atom is -0.497 e. The highest BCUT2D eigenvalue weighted by molar-refractivity contribution is 5.92. The van der Waals surface area contributed by atoms with Crippen LogP contribution in [0.4, 0.5) is 11.6 Å². The molecule has 1 amide bonds. The average molecular weight is 348 g/mol. The first-order valence-corrected chi connectivity index (χ1v) is 8.22. The minimum absolute atomic E-state index is 0.248. The number of rotatable bonds is 6. The topological polar surface area (TPSA) is 76.1 Å². The van der Waals surface area contributed by atoms with E-state index in [4.69, 9.17) is 4.74 Å². The quantitative estimate of drug-likeness (QED) is 0.713. The Labute approximate surface area is 152 Å². The summed E-state index contributed by atoms with van der Waals surface area (Å²) in [6, 6.07) is 17.0. The molecule has 0 aliphatic rings. The van der Waals surface area contributed by atoms with Crippen LogP contribution in [0.15, 0.2) is 60.8 Å². The normalized spacial score (nSPS) is 10.2. The van der Waals surface area contributed by atoms with E-state index in [2.05, 4.69) is 20.6 Å². The number of amides is 1. The second-order valence-corrected chi connectivity index (χ2v) is 5.79. The molecule has 0 spiro atoms. The third-order valence-electron chi connectivity index (χ3n) is 3.79. The van der Waals surface area contributed by atoms with Gasteiger partial charge in [-0.25, -0.2) is 9.97 Å². The maximum Gasteiger partial charge on any atom is 0.270 e. The summed E-state index contributed by atoms with van der Waals surface area (Å²) in [5.74, 6) is 0.824. The highest BCUT2D eigenvalue weighted by Gasteiger charge is 2.09. The third-order valence-corrected chi connectivity index (χ3v) is 3.79. The molecule has 6 nitrogen and oxygen atoms in total. The number of hydrogen-bond donors (Lipinski definition) is 2. The molecule has 3 rings (SSSR count). The Kier molecular flexibility index (Phi) is 5.43. The van der Waals surface area contributed by atoms with Gasteiger partial charge in [0, 0.05) is 24.5 Å². The molecule has 0 saturated carbocycles. The molecule has 1 aromatic heterocycles. The zero-order chi connectivity index (χ0) is 18.4. The fourth-order valence-electron chi connectivity index (χ4n) is 2.35. The Balaban J connectivity index is 1.65. The van der Waals surface area contributed by atoms with E-state index in [1.807, 2.05) is 55.5 Å². The zero-order valence-electron chi connectivity index (χ0n) is 14.7. The van der Waals surface area contributed by atoms with Crippen LogP contribution in [0.2, 0.25) is 0 Å². The lowest BCUT2D eigenvalue weighted by molar-refractivity contribution is 0.0946. The predicted molar refractivity (Wildman–Crippen MR) is 101 cm³/mol. The molecule has 0 unspecified atom stereocenters. The highest BCUT2D eigenvalue weighted by atomic mass is 16.5. The lowest BCUT2D eigenvalue weighted by atomic mass is 10.1. The molecule has 132 valence electrons. The van der Waals surface area contributed by atoms with Gasteiger partial charge in [-0.05, 0) is 30.7 Å². The van der Waals surface area contributed by atoms with Crippen LogP contribution in [0.5, 0.6) is 5.75 Å². The number of carbonyl (C=O) groups is 1. The number of nitrogens with one attached hydrogen (secondary N) is 2.